The number of carboxylic acids is 1. The van der Waals surface area contributed by atoms with E-state index in [0.717, 1.165) is 0 Å². The van der Waals surface area contributed by atoms with Crippen LogP contribution in [0.15, 0.2) is 4.99 Å². The minimum absolute atomic E-state index is 0.0956. The second kappa shape index (κ2) is 15.0. The van der Waals surface area contributed by atoms with Crippen LogP contribution in [-0.2, 0) is 28.8 Å². The van der Waals surface area contributed by atoms with Crippen LogP contribution in [0, 0.1) is 0 Å². The summed E-state index contributed by atoms with van der Waals surface area (Å²) in [6, 6.07) is -3.96. The number of aliphatic carboxylic acids is 1. The standard InChI is InChI=1S/C17H31N9O7/c18-8(2-1-5-23-17(21)22)14(30)24-7-13(29)25-10(6-12(20)28)15(31)26-9(16(32)33)3-4-11(19)27/h8-10H,1-7,18H2,(H2,19,27)(H2,20,28)(H,24,30)(H,25,29)(H,26,31)(H,32,33)(H4,21,22,23). The molecule has 33 heavy (non-hydrogen) atoms. The molecule has 16 heteroatoms. The van der Waals surface area contributed by atoms with Crippen molar-refractivity contribution in [3.8, 4) is 0 Å². The number of amides is 5. The molecule has 0 aliphatic carbocycles. The molecule has 186 valence electrons. The van der Waals surface area contributed by atoms with Crippen molar-refractivity contribution >= 4 is 41.5 Å². The van der Waals surface area contributed by atoms with Gasteiger partial charge in [0.1, 0.15) is 12.1 Å². The summed E-state index contributed by atoms with van der Waals surface area (Å²) in [4.78, 5) is 73.5. The minimum Gasteiger partial charge on any atom is -0.480 e. The third kappa shape index (κ3) is 13.9. The van der Waals surface area contributed by atoms with Crippen molar-refractivity contribution in [2.75, 3.05) is 13.1 Å². The van der Waals surface area contributed by atoms with Gasteiger partial charge in [-0.15, -0.1) is 0 Å². The second-order valence-corrected chi connectivity index (χ2v) is 6.97. The summed E-state index contributed by atoms with van der Waals surface area (Å²) in [5.74, 6) is -5.81. The van der Waals surface area contributed by atoms with Gasteiger partial charge in [0.25, 0.3) is 0 Å². The predicted octanol–water partition coefficient (Wildman–Crippen LogP) is -5.32. The number of nitrogens with one attached hydrogen (secondary N) is 3. The molecular weight excluding hydrogens is 442 g/mol. The Labute approximate surface area is 189 Å². The Hall–Kier alpha value is -3.95. The molecule has 0 saturated carbocycles. The molecule has 0 radical (unpaired) electrons. The lowest BCUT2D eigenvalue weighted by atomic mass is 10.1. The molecule has 0 aliphatic rings. The van der Waals surface area contributed by atoms with E-state index in [0.29, 0.717) is 6.42 Å². The van der Waals surface area contributed by atoms with E-state index in [1.165, 1.54) is 0 Å². The van der Waals surface area contributed by atoms with E-state index in [-0.39, 0.29) is 31.8 Å². The summed E-state index contributed by atoms with van der Waals surface area (Å²) in [6.45, 7) is -0.308. The number of carbonyl (C=O) groups excluding carboxylic acids is 5. The maximum Gasteiger partial charge on any atom is 0.326 e. The molecule has 0 aliphatic heterocycles. The Balaban J connectivity index is 4.82. The van der Waals surface area contributed by atoms with E-state index in [1.54, 1.807) is 0 Å². The molecular formula is C17H31N9O7. The molecule has 16 nitrogen and oxygen atoms in total. The number of rotatable bonds is 16. The maximum absolute atomic E-state index is 12.4. The smallest absolute Gasteiger partial charge is 0.326 e. The third-order valence-electron chi connectivity index (χ3n) is 4.08. The van der Waals surface area contributed by atoms with Crippen molar-refractivity contribution in [2.45, 2.75) is 50.2 Å². The van der Waals surface area contributed by atoms with Crippen LogP contribution in [0.25, 0.3) is 0 Å². The highest BCUT2D eigenvalue weighted by Crippen LogP contribution is 2.01. The number of nitrogens with zero attached hydrogens (tertiary/aromatic N) is 1. The van der Waals surface area contributed by atoms with Crippen molar-refractivity contribution in [2.24, 2.45) is 33.7 Å². The highest BCUT2D eigenvalue weighted by Gasteiger charge is 2.28. The van der Waals surface area contributed by atoms with Gasteiger partial charge < -0.3 is 49.7 Å². The Morgan fingerprint density at radius 3 is 2.00 bits per heavy atom. The predicted molar refractivity (Wildman–Crippen MR) is 115 cm³/mol. The van der Waals surface area contributed by atoms with Gasteiger partial charge in [-0.2, -0.15) is 0 Å². The molecule has 3 unspecified atom stereocenters. The highest BCUT2D eigenvalue weighted by molar-refractivity contribution is 5.95. The van der Waals surface area contributed by atoms with Crippen LogP contribution in [-0.4, -0.2) is 77.8 Å². The average molecular weight is 473 g/mol. The van der Waals surface area contributed by atoms with E-state index < -0.39 is 66.6 Å². The first-order valence-corrected chi connectivity index (χ1v) is 9.81. The molecule has 0 bridgehead atoms. The summed E-state index contributed by atoms with van der Waals surface area (Å²) in [5.41, 5.74) is 26.1. The number of aliphatic imine (C=N–C) groups is 1. The Bertz CT molecular complexity index is 768. The van der Waals surface area contributed by atoms with E-state index in [4.69, 9.17) is 33.8 Å². The molecule has 3 atom stereocenters. The highest BCUT2D eigenvalue weighted by atomic mass is 16.4. The monoisotopic (exact) mass is 473 g/mol. The molecule has 0 aromatic heterocycles. The van der Waals surface area contributed by atoms with Crippen molar-refractivity contribution < 1.29 is 33.9 Å². The van der Waals surface area contributed by atoms with Gasteiger partial charge in [0, 0.05) is 13.0 Å². The van der Waals surface area contributed by atoms with Crippen molar-refractivity contribution in [1.29, 1.82) is 0 Å². The first kappa shape index (κ1) is 29.0. The molecule has 0 saturated heterocycles. The van der Waals surface area contributed by atoms with Crippen LogP contribution in [0.1, 0.15) is 32.1 Å². The SMILES string of the molecule is NC(=O)CCC(NC(=O)C(CC(N)=O)NC(=O)CNC(=O)C(N)CCCN=C(N)N)C(=O)O. The lowest BCUT2D eigenvalue weighted by Gasteiger charge is -2.20. The molecule has 0 aromatic rings. The summed E-state index contributed by atoms with van der Waals surface area (Å²) in [7, 11) is 0. The molecule has 0 fully saturated rings. The van der Waals surface area contributed by atoms with Gasteiger partial charge in [0.05, 0.1) is 19.0 Å². The minimum atomic E-state index is -1.52. The quantitative estimate of drug-likeness (QED) is 0.0582. The lowest BCUT2D eigenvalue weighted by Crippen LogP contribution is -2.54. The van der Waals surface area contributed by atoms with Crippen molar-refractivity contribution in [3.05, 3.63) is 0 Å². The van der Waals surface area contributed by atoms with Crippen LogP contribution < -0.4 is 44.6 Å². The van der Waals surface area contributed by atoms with Crippen LogP contribution >= 0.6 is 0 Å². The van der Waals surface area contributed by atoms with E-state index in [1.807, 2.05) is 0 Å². The lowest BCUT2D eigenvalue weighted by molar-refractivity contribution is -0.142. The normalized spacial score (nSPS) is 13.0. The number of primary amides is 2. The molecule has 0 heterocycles. The van der Waals surface area contributed by atoms with Gasteiger partial charge in [-0.1, -0.05) is 0 Å². The van der Waals surface area contributed by atoms with Gasteiger partial charge in [-0.25, -0.2) is 4.79 Å². The third-order valence-corrected chi connectivity index (χ3v) is 4.08. The number of guanidine groups is 1. The summed E-state index contributed by atoms with van der Waals surface area (Å²) in [6.07, 6.45) is -0.607. The number of nitrogens with two attached hydrogens (primary N) is 5. The summed E-state index contributed by atoms with van der Waals surface area (Å²) in [5, 5.41) is 15.7. The number of hydrogen-bond donors (Lipinski definition) is 9. The van der Waals surface area contributed by atoms with E-state index in [2.05, 4.69) is 20.9 Å². The van der Waals surface area contributed by atoms with Gasteiger partial charge in [0.2, 0.25) is 29.5 Å². The zero-order valence-corrected chi connectivity index (χ0v) is 17.9. The molecule has 14 N–H and O–H groups in total. The van der Waals surface area contributed by atoms with Crippen molar-refractivity contribution in [1.82, 2.24) is 16.0 Å². The van der Waals surface area contributed by atoms with Crippen LogP contribution in [0.2, 0.25) is 0 Å². The van der Waals surface area contributed by atoms with Crippen LogP contribution in [0.5, 0.6) is 0 Å². The summed E-state index contributed by atoms with van der Waals surface area (Å²) < 4.78 is 0. The summed E-state index contributed by atoms with van der Waals surface area (Å²) >= 11 is 0. The molecule has 0 aromatic carbocycles. The first-order chi connectivity index (χ1) is 15.3. The van der Waals surface area contributed by atoms with Gasteiger partial charge in [-0.05, 0) is 19.3 Å². The number of hydrogen-bond acceptors (Lipinski definition) is 8. The fourth-order valence-electron chi connectivity index (χ4n) is 2.42. The van der Waals surface area contributed by atoms with Crippen molar-refractivity contribution in [3.63, 3.8) is 0 Å². The molecule has 0 rings (SSSR count). The average Bonchev–Trinajstić information content (AvgIpc) is 2.70. The zero-order chi connectivity index (χ0) is 25.6. The second-order valence-electron chi connectivity index (χ2n) is 6.97. The van der Waals surface area contributed by atoms with E-state index in [9.17, 15) is 28.8 Å². The Kier molecular flexibility index (Phi) is 13.2. The molecule has 0 spiro atoms. The zero-order valence-electron chi connectivity index (χ0n) is 17.9. The van der Waals surface area contributed by atoms with Gasteiger partial charge in [-0.3, -0.25) is 29.0 Å². The number of carboxylic acid groups (broad SMARTS) is 1. The maximum atomic E-state index is 12.4. The van der Waals surface area contributed by atoms with Gasteiger partial charge in [0.15, 0.2) is 5.96 Å². The Morgan fingerprint density at radius 1 is 0.848 bits per heavy atom. The van der Waals surface area contributed by atoms with Gasteiger partial charge >= 0.3 is 5.97 Å². The van der Waals surface area contributed by atoms with Crippen LogP contribution in [0.4, 0.5) is 0 Å². The largest absolute Gasteiger partial charge is 0.480 e. The fraction of sp³-hybridized carbons (Fsp3) is 0.588. The Morgan fingerprint density at radius 2 is 1.48 bits per heavy atom. The first-order valence-electron chi connectivity index (χ1n) is 9.81. The molecule has 5 amide bonds. The topological polar surface area (TPSA) is 301 Å². The fourth-order valence-corrected chi connectivity index (χ4v) is 2.42. The van der Waals surface area contributed by atoms with E-state index >= 15 is 0 Å². The van der Waals surface area contributed by atoms with Crippen LogP contribution in [0.3, 0.4) is 0 Å². The number of carbonyl (C=O) groups is 6.